The van der Waals surface area contributed by atoms with Gasteiger partial charge in [-0.3, -0.25) is 14.5 Å². The van der Waals surface area contributed by atoms with Gasteiger partial charge in [0.2, 0.25) is 0 Å². The van der Waals surface area contributed by atoms with E-state index in [-0.39, 0.29) is 11.7 Å². The fraction of sp³-hybridized carbons (Fsp3) is 0.208. The van der Waals surface area contributed by atoms with Gasteiger partial charge in [0.05, 0.1) is 5.69 Å². The fourth-order valence-corrected chi connectivity index (χ4v) is 4.02. The van der Waals surface area contributed by atoms with Crippen LogP contribution in [0.5, 0.6) is 0 Å². The van der Waals surface area contributed by atoms with Gasteiger partial charge >= 0.3 is 0 Å². The third-order valence-electron chi connectivity index (χ3n) is 5.24. The Morgan fingerprint density at radius 1 is 1.16 bits per heavy atom. The molecule has 0 fully saturated rings. The lowest BCUT2D eigenvalue weighted by atomic mass is 10.1. The first-order valence-electron chi connectivity index (χ1n) is 10.3. The fourth-order valence-electron chi connectivity index (χ4n) is 3.49. The summed E-state index contributed by atoms with van der Waals surface area (Å²) in [6.45, 7) is 0.629. The first-order valence-corrected chi connectivity index (χ1v) is 11.5. The van der Waals surface area contributed by atoms with Gasteiger partial charge in [-0.15, -0.1) is 0 Å². The summed E-state index contributed by atoms with van der Waals surface area (Å²) in [5.41, 5.74) is 4.26. The van der Waals surface area contributed by atoms with Crippen molar-refractivity contribution in [3.05, 3.63) is 84.1 Å². The molecule has 1 N–H and O–H groups in total. The number of hydrogen-bond acceptors (Lipinski definition) is 4. The molecule has 164 valence electrons. The average molecular weight is 450 g/mol. The van der Waals surface area contributed by atoms with Gasteiger partial charge in [-0.1, -0.05) is 11.8 Å². The van der Waals surface area contributed by atoms with Crippen molar-refractivity contribution >= 4 is 17.7 Å². The highest BCUT2D eigenvalue weighted by molar-refractivity contribution is 7.98. The number of aryl methyl sites for hydroxylation is 1. The topological polar surface area (TPSA) is 66.8 Å². The Morgan fingerprint density at radius 3 is 2.62 bits per heavy atom. The molecular weight excluding hydrogens is 425 g/mol. The molecule has 6 nitrogen and oxygen atoms in total. The lowest BCUT2D eigenvalue weighted by Crippen LogP contribution is -2.28. The predicted molar refractivity (Wildman–Crippen MR) is 125 cm³/mol. The first kappa shape index (κ1) is 21.8. The molecule has 4 rings (SSSR count). The molecule has 0 saturated carbocycles. The molecule has 0 spiro atoms. The number of carbonyl (C=O) groups excluding carboxylic acids is 1. The maximum Gasteiger partial charge on any atom is 0.253 e. The molecule has 2 aromatic heterocycles. The second kappa shape index (κ2) is 9.82. The molecule has 0 aliphatic rings. The van der Waals surface area contributed by atoms with Crippen molar-refractivity contribution in [1.29, 1.82) is 0 Å². The number of benzene rings is 2. The number of aromatic amines is 1. The summed E-state index contributed by atoms with van der Waals surface area (Å²) in [6, 6.07) is 15.8. The normalized spacial score (nSPS) is 11.0. The van der Waals surface area contributed by atoms with Gasteiger partial charge in [0.15, 0.2) is 5.16 Å². The van der Waals surface area contributed by atoms with Gasteiger partial charge in [-0.05, 0) is 73.7 Å². The minimum atomic E-state index is -0.265. The molecule has 0 saturated heterocycles. The van der Waals surface area contributed by atoms with E-state index < -0.39 is 0 Å². The van der Waals surface area contributed by atoms with Gasteiger partial charge in [0, 0.05) is 48.5 Å². The van der Waals surface area contributed by atoms with Crippen LogP contribution in [0.1, 0.15) is 22.5 Å². The predicted octanol–water partition coefficient (Wildman–Crippen LogP) is 4.83. The standard InChI is InChI=1S/C24H24FN5OS/c1-29(14-3-4-20-16-22(28-27-20)17-5-9-19(25)10-6-17)23(31)18-7-11-21(12-8-18)30-15-13-26-24(30)32-2/h5-13,15-16H,3-4,14H2,1-2H3,(H,27,28). The Labute approximate surface area is 190 Å². The van der Waals surface area contributed by atoms with Crippen LogP contribution in [0.25, 0.3) is 16.9 Å². The summed E-state index contributed by atoms with van der Waals surface area (Å²) in [5, 5.41) is 8.23. The van der Waals surface area contributed by atoms with Crippen molar-refractivity contribution in [2.45, 2.75) is 18.0 Å². The number of imidazole rings is 1. The van der Waals surface area contributed by atoms with Crippen LogP contribution in [0.4, 0.5) is 4.39 Å². The van der Waals surface area contributed by atoms with Crippen molar-refractivity contribution in [2.75, 3.05) is 19.8 Å². The van der Waals surface area contributed by atoms with Crippen LogP contribution in [0, 0.1) is 5.82 Å². The molecule has 4 aromatic rings. The minimum absolute atomic E-state index is 0.0103. The number of nitrogens with one attached hydrogen (secondary N) is 1. The molecule has 0 atom stereocenters. The molecule has 32 heavy (non-hydrogen) atoms. The maximum absolute atomic E-state index is 13.1. The summed E-state index contributed by atoms with van der Waals surface area (Å²) in [6.07, 6.45) is 7.23. The number of carbonyl (C=O) groups is 1. The average Bonchev–Trinajstić information content (AvgIpc) is 3.49. The van der Waals surface area contributed by atoms with E-state index in [1.165, 1.54) is 12.1 Å². The first-order chi connectivity index (χ1) is 15.5. The summed E-state index contributed by atoms with van der Waals surface area (Å²) in [7, 11) is 1.81. The highest BCUT2D eigenvalue weighted by Crippen LogP contribution is 2.20. The number of aromatic nitrogens is 4. The molecular formula is C24H24FN5OS. The van der Waals surface area contributed by atoms with E-state index in [1.54, 1.807) is 35.0 Å². The van der Waals surface area contributed by atoms with Gasteiger partial charge < -0.3 is 4.90 Å². The van der Waals surface area contributed by atoms with Crippen molar-refractivity contribution in [3.8, 4) is 16.9 Å². The van der Waals surface area contributed by atoms with Crippen LogP contribution in [0.3, 0.4) is 0 Å². The van der Waals surface area contributed by atoms with E-state index >= 15 is 0 Å². The smallest absolute Gasteiger partial charge is 0.253 e. The molecule has 0 aliphatic heterocycles. The summed E-state index contributed by atoms with van der Waals surface area (Å²) < 4.78 is 15.1. The summed E-state index contributed by atoms with van der Waals surface area (Å²) in [5.74, 6) is -0.276. The van der Waals surface area contributed by atoms with Crippen LogP contribution in [-0.4, -0.2) is 50.4 Å². The van der Waals surface area contributed by atoms with E-state index in [0.29, 0.717) is 12.1 Å². The zero-order valence-electron chi connectivity index (χ0n) is 18.0. The Kier molecular flexibility index (Phi) is 6.70. The van der Waals surface area contributed by atoms with Crippen LogP contribution < -0.4 is 0 Å². The van der Waals surface area contributed by atoms with Gasteiger partial charge in [-0.2, -0.15) is 5.10 Å². The quantitative estimate of drug-likeness (QED) is 0.391. The highest BCUT2D eigenvalue weighted by atomic mass is 32.2. The number of thioether (sulfide) groups is 1. The van der Waals surface area contributed by atoms with E-state index in [4.69, 9.17) is 0 Å². The lowest BCUT2D eigenvalue weighted by molar-refractivity contribution is 0.0793. The molecule has 1 amide bonds. The van der Waals surface area contributed by atoms with Crippen molar-refractivity contribution in [2.24, 2.45) is 0 Å². The van der Waals surface area contributed by atoms with Crippen LogP contribution in [0.2, 0.25) is 0 Å². The molecule has 8 heteroatoms. The zero-order chi connectivity index (χ0) is 22.5. The monoisotopic (exact) mass is 449 g/mol. The van der Waals surface area contributed by atoms with E-state index in [2.05, 4.69) is 15.2 Å². The Bertz CT molecular complexity index is 1180. The number of rotatable bonds is 8. The molecule has 2 heterocycles. The maximum atomic E-state index is 13.1. The van der Waals surface area contributed by atoms with E-state index in [1.807, 2.05) is 54.4 Å². The van der Waals surface area contributed by atoms with Crippen molar-refractivity contribution < 1.29 is 9.18 Å². The Balaban J connectivity index is 1.31. The number of H-pyrrole nitrogens is 1. The Hall–Kier alpha value is -3.39. The number of nitrogens with zero attached hydrogens (tertiary/aromatic N) is 4. The molecule has 0 unspecified atom stereocenters. The number of amides is 1. The van der Waals surface area contributed by atoms with Crippen molar-refractivity contribution in [3.63, 3.8) is 0 Å². The van der Waals surface area contributed by atoms with Crippen LogP contribution in [-0.2, 0) is 6.42 Å². The van der Waals surface area contributed by atoms with E-state index in [0.717, 1.165) is 40.6 Å². The highest BCUT2D eigenvalue weighted by Gasteiger charge is 2.13. The van der Waals surface area contributed by atoms with Gasteiger partial charge in [-0.25, -0.2) is 9.37 Å². The SMILES string of the molecule is CSc1nccn1-c1ccc(C(=O)N(C)CCCc2cc(-c3ccc(F)cc3)n[nH]2)cc1. The summed E-state index contributed by atoms with van der Waals surface area (Å²) in [4.78, 5) is 18.8. The lowest BCUT2D eigenvalue weighted by Gasteiger charge is -2.17. The van der Waals surface area contributed by atoms with Crippen LogP contribution in [0.15, 0.2) is 72.1 Å². The van der Waals surface area contributed by atoms with E-state index in [9.17, 15) is 9.18 Å². The molecule has 2 aromatic carbocycles. The Morgan fingerprint density at radius 2 is 1.91 bits per heavy atom. The number of halogens is 1. The third kappa shape index (κ3) is 4.91. The van der Waals surface area contributed by atoms with Crippen LogP contribution >= 0.6 is 11.8 Å². The van der Waals surface area contributed by atoms with Gasteiger partial charge in [0.1, 0.15) is 5.82 Å². The largest absolute Gasteiger partial charge is 0.342 e. The molecule has 0 radical (unpaired) electrons. The summed E-state index contributed by atoms with van der Waals surface area (Å²) >= 11 is 1.57. The van der Waals surface area contributed by atoms with Gasteiger partial charge in [0.25, 0.3) is 5.91 Å². The second-order valence-corrected chi connectivity index (χ2v) is 8.22. The zero-order valence-corrected chi connectivity index (χ0v) is 18.8. The molecule has 0 aliphatic carbocycles. The molecule has 0 bridgehead atoms. The van der Waals surface area contributed by atoms with Crippen molar-refractivity contribution in [1.82, 2.24) is 24.6 Å². The third-order valence-corrected chi connectivity index (χ3v) is 5.91. The number of hydrogen-bond donors (Lipinski definition) is 1. The minimum Gasteiger partial charge on any atom is -0.342 e. The second-order valence-electron chi connectivity index (χ2n) is 7.45.